The third kappa shape index (κ3) is 12.9. The van der Waals surface area contributed by atoms with Crippen LogP contribution >= 0.6 is 0 Å². The van der Waals surface area contributed by atoms with Crippen molar-refractivity contribution in [3.05, 3.63) is 53.5 Å². The summed E-state index contributed by atoms with van der Waals surface area (Å²) in [6.45, 7) is 16.4. The maximum atomic E-state index is 11.3. The van der Waals surface area contributed by atoms with Crippen LogP contribution in [0, 0.1) is 0 Å². The molecule has 6 amide bonds. The number of urea groups is 3. The summed E-state index contributed by atoms with van der Waals surface area (Å²) in [4.78, 5) is 38.4. The fraction of sp³-hybridized carbons (Fsp3) is 0.531. The van der Waals surface area contributed by atoms with Gasteiger partial charge in [0.25, 0.3) is 0 Å². The van der Waals surface area contributed by atoms with Crippen LogP contribution < -0.4 is 20.9 Å². The van der Waals surface area contributed by atoms with Crippen LogP contribution in [0.15, 0.2) is 45.4 Å². The molecule has 0 fully saturated rings. The van der Waals surface area contributed by atoms with Crippen LogP contribution in [-0.2, 0) is 10.8 Å². The predicted molar refractivity (Wildman–Crippen MR) is 179 cm³/mol. The standard InChI is InChI=1S/C12H18N2O.2C10H17N3O2/c1-9(2)10-5-7-11(8-6-10)14(4)12(15)13-3;2*1-10(2,3)7-6-8(12-15-7)11-9(14)13(4)5/h5-9H,1-4H3,(H,13,15);2*6H,1-5H3,(H,11,12,14). The van der Waals surface area contributed by atoms with Crippen molar-refractivity contribution >= 4 is 35.4 Å². The summed E-state index contributed by atoms with van der Waals surface area (Å²) in [6, 6.07) is 11.0. The van der Waals surface area contributed by atoms with Gasteiger partial charge in [0.05, 0.1) is 0 Å². The summed E-state index contributed by atoms with van der Waals surface area (Å²) in [5, 5.41) is 15.4. The van der Waals surface area contributed by atoms with Crippen LogP contribution in [0.1, 0.15) is 78.4 Å². The minimum atomic E-state index is -0.219. The molecule has 3 N–H and O–H groups in total. The van der Waals surface area contributed by atoms with Crippen LogP contribution in [0.25, 0.3) is 0 Å². The predicted octanol–water partition coefficient (Wildman–Crippen LogP) is 6.72. The Morgan fingerprint density at radius 2 is 1.07 bits per heavy atom. The number of nitrogens with one attached hydrogen (secondary N) is 3. The zero-order valence-electron chi connectivity index (χ0n) is 29.3. The van der Waals surface area contributed by atoms with E-state index in [-0.39, 0.29) is 28.9 Å². The lowest BCUT2D eigenvalue weighted by Crippen LogP contribution is -2.34. The molecule has 1 aromatic carbocycles. The van der Waals surface area contributed by atoms with E-state index >= 15 is 0 Å². The lowest BCUT2D eigenvalue weighted by Gasteiger charge is -2.17. The Hall–Kier alpha value is -4.55. The highest BCUT2D eigenvalue weighted by molar-refractivity contribution is 5.91. The smallest absolute Gasteiger partial charge is 0.322 e. The van der Waals surface area contributed by atoms with E-state index in [0.29, 0.717) is 17.6 Å². The Balaban J connectivity index is 0.000000337. The summed E-state index contributed by atoms with van der Waals surface area (Å²) in [5.74, 6) is 2.90. The highest BCUT2D eigenvalue weighted by Crippen LogP contribution is 2.25. The second-order valence-corrected chi connectivity index (χ2v) is 13.2. The van der Waals surface area contributed by atoms with Gasteiger partial charge in [-0.1, -0.05) is 77.8 Å². The number of benzene rings is 1. The first-order valence-electron chi connectivity index (χ1n) is 14.6. The van der Waals surface area contributed by atoms with E-state index in [0.717, 1.165) is 17.2 Å². The normalized spacial score (nSPS) is 10.9. The van der Waals surface area contributed by atoms with E-state index < -0.39 is 0 Å². The van der Waals surface area contributed by atoms with Gasteiger partial charge < -0.3 is 24.2 Å². The Morgan fingerprint density at radius 1 is 0.689 bits per heavy atom. The van der Waals surface area contributed by atoms with Crippen molar-refractivity contribution in [2.24, 2.45) is 0 Å². The third-order valence-corrected chi connectivity index (χ3v) is 6.25. The second-order valence-electron chi connectivity index (χ2n) is 13.2. The molecule has 0 spiro atoms. The summed E-state index contributed by atoms with van der Waals surface area (Å²) in [7, 11) is 10.0. The molecule has 45 heavy (non-hydrogen) atoms. The van der Waals surface area contributed by atoms with Crippen molar-refractivity contribution in [2.75, 3.05) is 57.8 Å². The Labute approximate surface area is 267 Å². The summed E-state index contributed by atoms with van der Waals surface area (Å²) in [6.07, 6.45) is 0. The van der Waals surface area contributed by atoms with Gasteiger partial charge in [-0.3, -0.25) is 15.5 Å². The Bertz CT molecular complexity index is 1290. The molecule has 0 bridgehead atoms. The molecule has 0 aliphatic carbocycles. The molecular weight excluding hydrogens is 576 g/mol. The van der Waals surface area contributed by atoms with Crippen LogP contribution in [0.3, 0.4) is 0 Å². The van der Waals surface area contributed by atoms with E-state index in [1.807, 2.05) is 53.7 Å². The van der Waals surface area contributed by atoms with Crippen molar-refractivity contribution in [1.82, 2.24) is 25.4 Å². The van der Waals surface area contributed by atoms with Crippen LogP contribution in [-0.4, -0.2) is 80.5 Å². The molecule has 2 aromatic heterocycles. The molecule has 0 saturated heterocycles. The van der Waals surface area contributed by atoms with Crippen molar-refractivity contribution in [3.8, 4) is 0 Å². The molecule has 2 heterocycles. The lowest BCUT2D eigenvalue weighted by molar-refractivity contribution is 0.229. The first-order valence-corrected chi connectivity index (χ1v) is 14.6. The molecule has 250 valence electrons. The number of amides is 6. The van der Waals surface area contributed by atoms with Crippen molar-refractivity contribution in [3.63, 3.8) is 0 Å². The Kier molecular flexibility index (Phi) is 14.1. The van der Waals surface area contributed by atoms with Gasteiger partial charge in [-0.2, -0.15) is 0 Å². The van der Waals surface area contributed by atoms with Gasteiger partial charge in [-0.15, -0.1) is 0 Å². The molecule has 3 aromatic rings. The van der Waals surface area contributed by atoms with Crippen LogP contribution in [0.2, 0.25) is 0 Å². The van der Waals surface area contributed by atoms with Crippen LogP contribution in [0.4, 0.5) is 31.7 Å². The van der Waals surface area contributed by atoms with Gasteiger partial charge in [0.15, 0.2) is 11.6 Å². The van der Waals surface area contributed by atoms with Crippen molar-refractivity contribution in [2.45, 2.75) is 72.1 Å². The highest BCUT2D eigenvalue weighted by Gasteiger charge is 2.21. The average Bonchev–Trinajstić information content (AvgIpc) is 3.63. The molecule has 0 radical (unpaired) electrons. The summed E-state index contributed by atoms with van der Waals surface area (Å²) < 4.78 is 10.3. The average molecular weight is 629 g/mol. The highest BCUT2D eigenvalue weighted by atomic mass is 16.5. The van der Waals surface area contributed by atoms with E-state index in [1.54, 1.807) is 59.3 Å². The van der Waals surface area contributed by atoms with E-state index in [2.05, 4.69) is 52.2 Å². The second kappa shape index (κ2) is 16.5. The minimum Gasteiger partial charge on any atom is -0.359 e. The number of carbonyl (C=O) groups is 3. The van der Waals surface area contributed by atoms with Gasteiger partial charge >= 0.3 is 18.1 Å². The van der Waals surface area contributed by atoms with Gasteiger partial charge in [0.1, 0.15) is 11.5 Å². The number of carbonyl (C=O) groups excluding carboxylic acids is 3. The minimum absolute atomic E-state index is 0.103. The lowest BCUT2D eigenvalue weighted by atomic mass is 9.93. The number of hydrogen-bond donors (Lipinski definition) is 3. The number of nitrogens with zero attached hydrogens (tertiary/aromatic N) is 5. The van der Waals surface area contributed by atoms with Crippen molar-refractivity contribution < 1.29 is 23.4 Å². The quantitative estimate of drug-likeness (QED) is 0.290. The first kappa shape index (κ1) is 38.5. The maximum absolute atomic E-state index is 11.3. The fourth-order valence-corrected chi connectivity index (χ4v) is 3.19. The molecule has 0 aliphatic rings. The molecule has 0 saturated carbocycles. The summed E-state index contributed by atoms with van der Waals surface area (Å²) >= 11 is 0. The van der Waals surface area contributed by atoms with Gasteiger partial charge in [0.2, 0.25) is 0 Å². The first-order chi connectivity index (χ1) is 20.7. The monoisotopic (exact) mass is 628 g/mol. The van der Waals surface area contributed by atoms with E-state index in [4.69, 9.17) is 9.05 Å². The molecule has 0 atom stereocenters. The molecule has 0 aliphatic heterocycles. The SMILES string of the molecule is CN(C)C(=O)Nc1cc(C(C)(C)C)on1.CN(C)C(=O)Nc1cc(C(C)(C)C)on1.CNC(=O)N(C)c1ccc(C(C)C)cc1. The third-order valence-electron chi connectivity index (χ3n) is 6.25. The van der Waals surface area contributed by atoms with Gasteiger partial charge in [-0.05, 0) is 23.6 Å². The van der Waals surface area contributed by atoms with E-state index in [1.165, 1.54) is 15.4 Å². The molecule has 3 rings (SSSR count). The largest absolute Gasteiger partial charge is 0.359 e. The van der Waals surface area contributed by atoms with E-state index in [9.17, 15) is 14.4 Å². The van der Waals surface area contributed by atoms with Crippen LogP contribution in [0.5, 0.6) is 0 Å². The van der Waals surface area contributed by atoms with Gasteiger partial charge in [-0.25, -0.2) is 14.4 Å². The topological polar surface area (TPSA) is 149 Å². The number of rotatable bonds is 4. The van der Waals surface area contributed by atoms with Crippen molar-refractivity contribution in [1.29, 1.82) is 0 Å². The number of hydrogen-bond acceptors (Lipinski definition) is 7. The molecule has 13 heteroatoms. The number of aromatic nitrogens is 2. The number of anilines is 3. The summed E-state index contributed by atoms with van der Waals surface area (Å²) in [5.41, 5.74) is 1.98. The Morgan fingerprint density at radius 3 is 1.33 bits per heavy atom. The zero-order chi connectivity index (χ0) is 34.7. The fourth-order valence-electron chi connectivity index (χ4n) is 3.19. The molecule has 13 nitrogen and oxygen atoms in total. The van der Waals surface area contributed by atoms with Gasteiger partial charge in [0, 0.05) is 70.9 Å². The zero-order valence-corrected chi connectivity index (χ0v) is 29.3. The maximum Gasteiger partial charge on any atom is 0.322 e. The molecular formula is C32H52N8O5. The molecule has 0 unspecified atom stereocenters.